The molecule has 1 saturated heterocycles. The van der Waals surface area contributed by atoms with E-state index in [0.717, 1.165) is 49.0 Å². The molecule has 3 rings (SSSR count). The van der Waals surface area contributed by atoms with Gasteiger partial charge in [0.15, 0.2) is 5.82 Å². The van der Waals surface area contributed by atoms with E-state index in [-0.39, 0.29) is 0 Å². The van der Waals surface area contributed by atoms with Crippen molar-refractivity contribution in [3.63, 3.8) is 0 Å². The molecule has 3 N–H and O–H groups in total. The maximum Gasteiger partial charge on any atom is 0.222 e. The molecule has 0 unspecified atom stereocenters. The molecule has 3 heterocycles. The minimum absolute atomic E-state index is 0.305. The van der Waals surface area contributed by atoms with Gasteiger partial charge in [-0.15, -0.1) is 5.10 Å². The molecule has 2 aromatic rings. The van der Waals surface area contributed by atoms with Crippen LogP contribution in [0.2, 0.25) is 0 Å². The number of hydrogen-bond acceptors (Lipinski definition) is 7. The number of nitrogens with two attached hydrogens (primary N) is 1. The van der Waals surface area contributed by atoms with E-state index in [1.165, 1.54) is 0 Å². The highest BCUT2D eigenvalue weighted by molar-refractivity contribution is 5.43. The van der Waals surface area contributed by atoms with Gasteiger partial charge in [-0.3, -0.25) is 0 Å². The van der Waals surface area contributed by atoms with Gasteiger partial charge in [0.25, 0.3) is 0 Å². The van der Waals surface area contributed by atoms with Gasteiger partial charge in [0, 0.05) is 30.9 Å². The summed E-state index contributed by atoms with van der Waals surface area (Å²) in [6.45, 7) is 5.74. The van der Waals surface area contributed by atoms with Crippen molar-refractivity contribution < 1.29 is 0 Å². The van der Waals surface area contributed by atoms with E-state index in [1.54, 1.807) is 0 Å². The molecule has 0 bridgehead atoms. The van der Waals surface area contributed by atoms with Crippen molar-refractivity contribution in [1.82, 2.24) is 20.2 Å². The largest absolute Gasteiger partial charge is 0.368 e. The second-order valence-electron chi connectivity index (χ2n) is 5.72. The van der Waals surface area contributed by atoms with E-state index in [0.29, 0.717) is 12.0 Å². The van der Waals surface area contributed by atoms with Crippen LogP contribution in [-0.4, -0.2) is 39.3 Å². The highest BCUT2D eigenvalue weighted by Gasteiger charge is 2.21. The lowest BCUT2D eigenvalue weighted by Gasteiger charge is -2.34. The molecular weight excluding hydrogens is 278 g/mol. The number of aromatic nitrogens is 4. The number of nitrogen functional groups attached to an aromatic ring is 1. The molecular formula is C15H21N7. The molecule has 1 aliphatic rings. The van der Waals surface area contributed by atoms with Crippen LogP contribution >= 0.6 is 0 Å². The molecule has 22 heavy (non-hydrogen) atoms. The van der Waals surface area contributed by atoms with Crippen LogP contribution in [0.3, 0.4) is 0 Å². The Morgan fingerprint density at radius 2 is 2.05 bits per heavy atom. The van der Waals surface area contributed by atoms with Crippen LogP contribution in [0.5, 0.6) is 0 Å². The fraction of sp³-hybridized carbons (Fsp3) is 0.467. The minimum atomic E-state index is 0.305. The van der Waals surface area contributed by atoms with Crippen molar-refractivity contribution in [2.24, 2.45) is 0 Å². The molecule has 1 aliphatic heterocycles. The Morgan fingerprint density at radius 3 is 2.77 bits per heavy atom. The van der Waals surface area contributed by atoms with Gasteiger partial charge in [-0.2, -0.15) is 10.1 Å². The first-order valence-corrected chi connectivity index (χ1v) is 7.53. The van der Waals surface area contributed by atoms with E-state index in [9.17, 15) is 0 Å². The number of piperidine rings is 1. The number of nitrogens with zero attached hydrogens (tertiary/aromatic N) is 5. The zero-order chi connectivity index (χ0) is 15.5. The first-order chi connectivity index (χ1) is 10.6. The first-order valence-electron chi connectivity index (χ1n) is 7.53. The van der Waals surface area contributed by atoms with Gasteiger partial charge in [0.2, 0.25) is 5.95 Å². The molecule has 0 aliphatic carbocycles. The summed E-state index contributed by atoms with van der Waals surface area (Å²) < 4.78 is 0. The predicted molar refractivity (Wildman–Crippen MR) is 86.8 cm³/mol. The molecule has 1 fully saturated rings. The predicted octanol–water partition coefficient (Wildman–Crippen LogP) is 1.55. The normalized spacial score (nSPS) is 18.3. The summed E-state index contributed by atoms with van der Waals surface area (Å²) in [6.07, 6.45) is 2.20. The maximum atomic E-state index is 5.71. The molecule has 0 amide bonds. The monoisotopic (exact) mass is 299 g/mol. The highest BCUT2D eigenvalue weighted by Crippen LogP contribution is 2.20. The molecule has 2 aromatic heterocycles. The van der Waals surface area contributed by atoms with Gasteiger partial charge in [-0.25, -0.2) is 4.98 Å². The van der Waals surface area contributed by atoms with Crippen molar-refractivity contribution in [3.8, 4) is 0 Å². The summed E-state index contributed by atoms with van der Waals surface area (Å²) in [6, 6.07) is 6.25. The van der Waals surface area contributed by atoms with Gasteiger partial charge < -0.3 is 16.0 Å². The SMILES string of the molecule is Cc1ccc(N2CCC[C@H](Nc3cc(C)nc(N)n3)C2)nn1. The lowest BCUT2D eigenvalue weighted by Crippen LogP contribution is -2.42. The lowest BCUT2D eigenvalue weighted by atomic mass is 10.1. The smallest absolute Gasteiger partial charge is 0.222 e. The van der Waals surface area contributed by atoms with Gasteiger partial charge >= 0.3 is 0 Å². The average molecular weight is 299 g/mol. The van der Waals surface area contributed by atoms with Crippen LogP contribution in [0, 0.1) is 13.8 Å². The fourth-order valence-electron chi connectivity index (χ4n) is 2.74. The Labute approximate surface area is 130 Å². The first kappa shape index (κ1) is 14.5. The van der Waals surface area contributed by atoms with Crippen molar-refractivity contribution in [2.45, 2.75) is 32.7 Å². The Bertz CT molecular complexity index is 621. The third-order valence-corrected chi connectivity index (χ3v) is 3.75. The average Bonchev–Trinajstić information content (AvgIpc) is 2.47. The molecule has 0 aromatic carbocycles. The molecule has 0 spiro atoms. The quantitative estimate of drug-likeness (QED) is 0.888. The van der Waals surface area contributed by atoms with Gasteiger partial charge in [-0.1, -0.05) is 0 Å². The third-order valence-electron chi connectivity index (χ3n) is 3.75. The summed E-state index contributed by atoms with van der Waals surface area (Å²) in [5.41, 5.74) is 7.51. The summed E-state index contributed by atoms with van der Waals surface area (Å²) >= 11 is 0. The number of aryl methyl sites for hydroxylation is 2. The zero-order valence-electron chi connectivity index (χ0n) is 13.0. The van der Waals surface area contributed by atoms with Gasteiger partial charge in [-0.05, 0) is 38.8 Å². The van der Waals surface area contributed by atoms with Crippen molar-refractivity contribution >= 4 is 17.6 Å². The number of anilines is 3. The van der Waals surface area contributed by atoms with Crippen LogP contribution < -0.4 is 16.0 Å². The van der Waals surface area contributed by atoms with E-state index in [2.05, 4.69) is 30.4 Å². The van der Waals surface area contributed by atoms with Gasteiger partial charge in [0.05, 0.1) is 5.69 Å². The molecule has 116 valence electrons. The molecule has 7 nitrogen and oxygen atoms in total. The molecule has 1 atom stereocenters. The molecule has 7 heteroatoms. The number of hydrogen-bond donors (Lipinski definition) is 2. The standard InChI is InChI=1S/C15H21N7/c1-10-5-6-14(21-20-10)22-7-3-4-12(9-22)18-13-8-11(2)17-15(16)19-13/h5-6,8,12H,3-4,7,9H2,1-2H3,(H3,16,17,18,19)/t12-/m0/s1. The van der Waals surface area contributed by atoms with E-state index in [4.69, 9.17) is 5.73 Å². The van der Waals surface area contributed by atoms with Crippen LogP contribution in [0.1, 0.15) is 24.2 Å². The number of rotatable bonds is 3. The maximum absolute atomic E-state index is 5.71. The van der Waals surface area contributed by atoms with Crippen LogP contribution in [0.25, 0.3) is 0 Å². The summed E-state index contributed by atoms with van der Waals surface area (Å²) in [5, 5.41) is 11.9. The van der Waals surface area contributed by atoms with Crippen LogP contribution in [0.4, 0.5) is 17.6 Å². The van der Waals surface area contributed by atoms with E-state index in [1.807, 2.05) is 32.0 Å². The molecule has 0 saturated carbocycles. The second kappa shape index (κ2) is 6.13. The summed E-state index contributed by atoms with van der Waals surface area (Å²) in [7, 11) is 0. The second-order valence-corrected chi connectivity index (χ2v) is 5.72. The summed E-state index contributed by atoms with van der Waals surface area (Å²) in [5.74, 6) is 2.02. The highest BCUT2D eigenvalue weighted by atomic mass is 15.3. The van der Waals surface area contributed by atoms with Crippen molar-refractivity contribution in [3.05, 3.63) is 29.6 Å². The summed E-state index contributed by atoms with van der Waals surface area (Å²) in [4.78, 5) is 10.6. The van der Waals surface area contributed by atoms with E-state index >= 15 is 0 Å². The zero-order valence-corrected chi connectivity index (χ0v) is 13.0. The van der Waals surface area contributed by atoms with E-state index < -0.39 is 0 Å². The van der Waals surface area contributed by atoms with Crippen molar-refractivity contribution in [2.75, 3.05) is 29.0 Å². The Kier molecular flexibility index (Phi) is 4.04. The fourth-order valence-corrected chi connectivity index (χ4v) is 2.74. The topological polar surface area (TPSA) is 92.8 Å². The minimum Gasteiger partial charge on any atom is -0.368 e. The van der Waals surface area contributed by atoms with Crippen LogP contribution in [0.15, 0.2) is 18.2 Å². The van der Waals surface area contributed by atoms with Gasteiger partial charge in [0.1, 0.15) is 5.82 Å². The third kappa shape index (κ3) is 3.41. The Hall–Kier alpha value is -2.44. The Morgan fingerprint density at radius 1 is 1.18 bits per heavy atom. The number of nitrogens with one attached hydrogen (secondary N) is 1. The Balaban J connectivity index is 1.69. The lowest BCUT2D eigenvalue weighted by molar-refractivity contribution is 0.524. The van der Waals surface area contributed by atoms with Crippen molar-refractivity contribution in [1.29, 1.82) is 0 Å². The molecule has 0 radical (unpaired) electrons. The van der Waals surface area contributed by atoms with Crippen LogP contribution in [-0.2, 0) is 0 Å².